The Labute approximate surface area is 245 Å². The molecule has 5 heterocycles. The number of rotatable bonds is 8. The van der Waals surface area contributed by atoms with Gasteiger partial charge in [0.25, 0.3) is 0 Å². The van der Waals surface area contributed by atoms with E-state index in [1.54, 1.807) is 24.7 Å². The summed E-state index contributed by atoms with van der Waals surface area (Å²) in [5.74, 6) is -0.413. The highest BCUT2D eigenvalue weighted by atomic mass is 32.2. The Morgan fingerprint density at radius 1 is 1.02 bits per heavy atom. The number of carbonyl (C=O) groups is 1. The normalized spacial score (nSPS) is 13.5. The molecule has 0 unspecified atom stereocenters. The number of fused-ring (bicyclic) bond motifs is 2. The lowest BCUT2D eigenvalue weighted by Gasteiger charge is -2.08. The zero-order valence-corrected chi connectivity index (χ0v) is 23.7. The summed E-state index contributed by atoms with van der Waals surface area (Å²) in [4.78, 5) is 29.3. The predicted molar refractivity (Wildman–Crippen MR) is 161 cm³/mol. The first kappa shape index (κ1) is 26.9. The van der Waals surface area contributed by atoms with E-state index in [0.29, 0.717) is 45.1 Å². The number of sulfonamides is 1. The Balaban J connectivity index is 1.25. The number of nitrogens with zero attached hydrogens (tertiary/aromatic N) is 4. The maximum Gasteiger partial charge on any atom is 0.227 e. The molecular weight excluding hydrogens is 571 g/mol. The van der Waals surface area contributed by atoms with Crippen LogP contribution < -0.4 is 10.0 Å². The average molecular weight is 597 g/mol. The first-order valence-electron chi connectivity index (χ1n) is 13.5. The lowest BCUT2D eigenvalue weighted by molar-refractivity contribution is -0.117. The van der Waals surface area contributed by atoms with Gasteiger partial charge in [-0.15, -0.1) is 0 Å². The van der Waals surface area contributed by atoms with Crippen molar-refractivity contribution < 1.29 is 17.6 Å². The Hall–Kier alpha value is -5.01. The molecule has 0 atom stereocenters. The van der Waals surface area contributed by atoms with Crippen LogP contribution in [-0.4, -0.2) is 50.7 Å². The molecule has 5 aromatic heterocycles. The van der Waals surface area contributed by atoms with Crippen LogP contribution in [0, 0.1) is 11.7 Å². The molecule has 1 aliphatic rings. The van der Waals surface area contributed by atoms with Crippen LogP contribution in [0.1, 0.15) is 18.4 Å². The fourth-order valence-electron chi connectivity index (χ4n) is 5.00. The molecule has 13 heteroatoms. The third-order valence-corrected chi connectivity index (χ3v) is 7.90. The average Bonchev–Trinajstić information content (AvgIpc) is 3.61. The summed E-state index contributed by atoms with van der Waals surface area (Å²) in [6.07, 6.45) is 7.82. The summed E-state index contributed by atoms with van der Waals surface area (Å²) in [5, 5.41) is 11.2. The van der Waals surface area contributed by atoms with Gasteiger partial charge in [0, 0.05) is 46.9 Å². The van der Waals surface area contributed by atoms with E-state index in [2.05, 4.69) is 35.2 Å². The Morgan fingerprint density at radius 3 is 2.70 bits per heavy atom. The maximum atomic E-state index is 14.6. The molecule has 0 bridgehead atoms. The van der Waals surface area contributed by atoms with Crippen molar-refractivity contribution in [3.05, 3.63) is 78.5 Å². The Morgan fingerprint density at radius 2 is 1.88 bits per heavy atom. The Kier molecular flexibility index (Phi) is 6.47. The highest BCUT2D eigenvalue weighted by Gasteiger charge is 2.29. The zero-order chi connectivity index (χ0) is 29.7. The molecule has 11 nitrogen and oxygen atoms in total. The van der Waals surface area contributed by atoms with Crippen molar-refractivity contribution in [3.8, 4) is 33.9 Å². The summed E-state index contributed by atoms with van der Waals surface area (Å²) in [7, 11) is -3.45. The van der Waals surface area contributed by atoms with Gasteiger partial charge in [0.2, 0.25) is 15.9 Å². The summed E-state index contributed by atoms with van der Waals surface area (Å²) in [6, 6.07) is 13.7. The number of halogens is 1. The SMILES string of the molecule is CS(=O)(=O)NCc1cc(F)cc(-c2nccc3[nH]c(-c4n[nH]c5ccc(-c6cncc(NC(=O)C7CC7)c6)nc45)cc23)c1. The summed E-state index contributed by atoms with van der Waals surface area (Å²) < 4.78 is 40.1. The largest absolute Gasteiger partial charge is 0.353 e. The monoisotopic (exact) mass is 596 g/mol. The van der Waals surface area contributed by atoms with E-state index in [-0.39, 0.29) is 18.4 Å². The van der Waals surface area contributed by atoms with Gasteiger partial charge in [-0.05, 0) is 66.9 Å². The molecule has 4 N–H and O–H groups in total. The first-order chi connectivity index (χ1) is 20.7. The van der Waals surface area contributed by atoms with Crippen molar-refractivity contribution >= 4 is 43.6 Å². The van der Waals surface area contributed by atoms with E-state index in [1.165, 1.54) is 12.1 Å². The zero-order valence-electron chi connectivity index (χ0n) is 22.8. The van der Waals surface area contributed by atoms with E-state index >= 15 is 0 Å². The molecule has 0 saturated heterocycles. The minimum Gasteiger partial charge on any atom is -0.353 e. The number of aromatic nitrogens is 6. The molecule has 1 fully saturated rings. The summed E-state index contributed by atoms with van der Waals surface area (Å²) in [5.41, 5.74) is 6.93. The van der Waals surface area contributed by atoms with Crippen molar-refractivity contribution in [1.82, 2.24) is 34.9 Å². The molecular formula is C30H25FN8O3S. The molecule has 1 aromatic carbocycles. The summed E-state index contributed by atoms with van der Waals surface area (Å²) in [6.45, 7) is -0.0451. The second-order valence-electron chi connectivity index (χ2n) is 10.6. The van der Waals surface area contributed by atoms with Crippen LogP contribution >= 0.6 is 0 Å². The second kappa shape index (κ2) is 10.4. The van der Waals surface area contributed by atoms with Gasteiger partial charge in [-0.3, -0.25) is 19.9 Å². The molecule has 0 radical (unpaired) electrons. The molecule has 1 amide bonds. The molecule has 6 aromatic rings. The van der Waals surface area contributed by atoms with Crippen LogP contribution in [0.15, 0.2) is 67.1 Å². The van der Waals surface area contributed by atoms with Crippen molar-refractivity contribution in [1.29, 1.82) is 0 Å². The van der Waals surface area contributed by atoms with Crippen molar-refractivity contribution in [2.75, 3.05) is 11.6 Å². The van der Waals surface area contributed by atoms with Gasteiger partial charge >= 0.3 is 0 Å². The van der Waals surface area contributed by atoms with Gasteiger partial charge in [-0.1, -0.05) is 0 Å². The Bertz CT molecular complexity index is 2150. The number of aromatic amines is 2. The minimum absolute atomic E-state index is 0.00666. The van der Waals surface area contributed by atoms with Crippen LogP contribution in [-0.2, 0) is 21.4 Å². The van der Waals surface area contributed by atoms with E-state index in [4.69, 9.17) is 4.98 Å². The smallest absolute Gasteiger partial charge is 0.227 e. The molecule has 1 saturated carbocycles. The number of anilines is 1. The van der Waals surface area contributed by atoms with Crippen molar-refractivity contribution in [2.45, 2.75) is 19.4 Å². The maximum absolute atomic E-state index is 14.6. The number of pyridine rings is 3. The molecule has 43 heavy (non-hydrogen) atoms. The number of benzene rings is 1. The number of carbonyl (C=O) groups excluding carboxylic acids is 1. The number of nitrogens with one attached hydrogen (secondary N) is 4. The molecule has 7 rings (SSSR count). The van der Waals surface area contributed by atoms with E-state index in [9.17, 15) is 17.6 Å². The van der Waals surface area contributed by atoms with Crippen LogP contribution in [0.4, 0.5) is 10.1 Å². The van der Waals surface area contributed by atoms with E-state index in [0.717, 1.165) is 41.1 Å². The second-order valence-corrected chi connectivity index (χ2v) is 12.5. The number of amides is 1. The molecule has 216 valence electrons. The molecule has 1 aliphatic carbocycles. The first-order valence-corrected chi connectivity index (χ1v) is 15.4. The molecule has 0 spiro atoms. The lowest BCUT2D eigenvalue weighted by Crippen LogP contribution is -2.21. The van der Waals surface area contributed by atoms with Gasteiger partial charge < -0.3 is 10.3 Å². The topological polar surface area (TPSA) is 158 Å². The van der Waals surface area contributed by atoms with Crippen molar-refractivity contribution in [3.63, 3.8) is 0 Å². The number of hydrogen-bond acceptors (Lipinski definition) is 7. The minimum atomic E-state index is -3.45. The van der Waals surface area contributed by atoms with Gasteiger partial charge in [0.15, 0.2) is 0 Å². The van der Waals surface area contributed by atoms with Gasteiger partial charge in [-0.2, -0.15) is 5.10 Å². The number of hydrogen-bond donors (Lipinski definition) is 4. The van der Waals surface area contributed by atoms with E-state index in [1.807, 2.05) is 30.3 Å². The van der Waals surface area contributed by atoms with Gasteiger partial charge in [-0.25, -0.2) is 22.5 Å². The number of H-pyrrole nitrogens is 2. The highest BCUT2D eigenvalue weighted by Crippen LogP contribution is 2.34. The van der Waals surface area contributed by atoms with Crippen molar-refractivity contribution in [2.24, 2.45) is 5.92 Å². The van der Waals surface area contributed by atoms with Crippen LogP contribution in [0.25, 0.3) is 55.8 Å². The van der Waals surface area contributed by atoms with Crippen LogP contribution in [0.5, 0.6) is 0 Å². The highest BCUT2D eigenvalue weighted by molar-refractivity contribution is 7.88. The standard InChI is InChI=1S/C30H25FN8O3S/c1-43(41,42)34-13-16-8-18(10-20(31)9-16)27-22-12-26(36-24(22)6-7-33-27)29-28-25(38-39-29)5-4-23(37-28)19-11-21(15-32-14-19)35-30(40)17-2-3-17/h4-12,14-15,17,34,36H,2-3,13H2,1H3,(H,35,40)(H,38,39). The van der Waals surface area contributed by atoms with Gasteiger partial charge in [0.1, 0.15) is 17.0 Å². The third-order valence-electron chi connectivity index (χ3n) is 7.23. The summed E-state index contributed by atoms with van der Waals surface area (Å²) >= 11 is 0. The van der Waals surface area contributed by atoms with Crippen LogP contribution in [0.2, 0.25) is 0 Å². The van der Waals surface area contributed by atoms with Crippen LogP contribution in [0.3, 0.4) is 0 Å². The van der Waals surface area contributed by atoms with Gasteiger partial charge in [0.05, 0.1) is 40.7 Å². The molecule has 0 aliphatic heterocycles. The fourth-order valence-corrected chi connectivity index (χ4v) is 5.43. The predicted octanol–water partition coefficient (Wildman–Crippen LogP) is 4.77. The lowest BCUT2D eigenvalue weighted by atomic mass is 10.0. The van der Waals surface area contributed by atoms with E-state index < -0.39 is 15.8 Å². The third kappa shape index (κ3) is 5.59. The quantitative estimate of drug-likeness (QED) is 0.197. The fraction of sp³-hybridized carbons (Fsp3) is 0.167.